The molecule has 1 N–H and O–H groups in total. The van der Waals surface area contributed by atoms with Crippen molar-refractivity contribution in [1.82, 2.24) is 5.32 Å². The molecule has 1 aromatic carbocycles. The highest BCUT2D eigenvalue weighted by atomic mass is 79.9. The molecule has 1 aliphatic rings. The zero-order chi connectivity index (χ0) is 12.3. The summed E-state index contributed by atoms with van der Waals surface area (Å²) >= 11 is 3.41. The quantitative estimate of drug-likeness (QED) is 0.931. The molecule has 4 heteroatoms. The predicted octanol–water partition coefficient (Wildman–Crippen LogP) is 2.51. The van der Waals surface area contributed by atoms with Crippen LogP contribution in [0.4, 0.5) is 5.69 Å². The molecule has 0 radical (unpaired) electrons. The van der Waals surface area contributed by atoms with E-state index < -0.39 is 0 Å². The summed E-state index contributed by atoms with van der Waals surface area (Å²) < 4.78 is 0.957. The van der Waals surface area contributed by atoms with Crippen LogP contribution in [0, 0.1) is 11.3 Å². The summed E-state index contributed by atoms with van der Waals surface area (Å²) in [7, 11) is 0. The highest BCUT2D eigenvalue weighted by Gasteiger charge is 2.23. The number of hydrogen-bond acceptors (Lipinski definition) is 3. The van der Waals surface area contributed by atoms with E-state index >= 15 is 0 Å². The predicted molar refractivity (Wildman–Crippen MR) is 73.2 cm³/mol. The fraction of sp³-hybridized carbons (Fsp3) is 0.462. The van der Waals surface area contributed by atoms with Crippen LogP contribution in [0.15, 0.2) is 22.7 Å². The molecule has 90 valence electrons. The molecule has 0 aromatic heterocycles. The van der Waals surface area contributed by atoms with E-state index in [1.807, 2.05) is 18.2 Å². The Kier molecular flexibility index (Phi) is 4.03. The van der Waals surface area contributed by atoms with Gasteiger partial charge in [-0.15, -0.1) is 0 Å². The van der Waals surface area contributed by atoms with Crippen molar-refractivity contribution >= 4 is 21.6 Å². The molecule has 0 bridgehead atoms. The molecule has 0 saturated carbocycles. The lowest BCUT2D eigenvalue weighted by molar-refractivity contribution is 0.647. The van der Waals surface area contributed by atoms with Crippen LogP contribution in [-0.4, -0.2) is 25.7 Å². The summed E-state index contributed by atoms with van der Waals surface area (Å²) in [5.41, 5.74) is 1.79. The van der Waals surface area contributed by atoms with Gasteiger partial charge in [-0.05, 0) is 38.1 Å². The SMILES string of the molecule is CCN(c1ccc(Br)cc1C#N)C1CCNC1. The van der Waals surface area contributed by atoms with Gasteiger partial charge in [0.1, 0.15) is 6.07 Å². The third-order valence-corrected chi connectivity index (χ3v) is 3.70. The second-order valence-corrected chi connectivity index (χ2v) is 5.12. The number of rotatable bonds is 3. The largest absolute Gasteiger partial charge is 0.366 e. The number of hydrogen-bond donors (Lipinski definition) is 1. The lowest BCUT2D eigenvalue weighted by atomic mass is 10.1. The van der Waals surface area contributed by atoms with E-state index in [0.29, 0.717) is 6.04 Å². The Morgan fingerprint density at radius 1 is 1.59 bits per heavy atom. The van der Waals surface area contributed by atoms with E-state index in [2.05, 4.69) is 39.1 Å². The molecular formula is C13H16BrN3. The highest BCUT2D eigenvalue weighted by molar-refractivity contribution is 9.10. The van der Waals surface area contributed by atoms with Crippen LogP contribution in [0.3, 0.4) is 0 Å². The first-order valence-corrected chi connectivity index (χ1v) is 6.72. The second kappa shape index (κ2) is 5.52. The van der Waals surface area contributed by atoms with Crippen molar-refractivity contribution in [3.63, 3.8) is 0 Å². The Morgan fingerprint density at radius 3 is 3.00 bits per heavy atom. The van der Waals surface area contributed by atoms with Gasteiger partial charge in [-0.3, -0.25) is 0 Å². The van der Waals surface area contributed by atoms with Crippen LogP contribution in [0.1, 0.15) is 18.9 Å². The van der Waals surface area contributed by atoms with Crippen molar-refractivity contribution in [2.45, 2.75) is 19.4 Å². The van der Waals surface area contributed by atoms with E-state index in [-0.39, 0.29) is 0 Å². The van der Waals surface area contributed by atoms with Crippen LogP contribution in [-0.2, 0) is 0 Å². The Hall–Kier alpha value is -1.05. The Morgan fingerprint density at radius 2 is 2.41 bits per heavy atom. The van der Waals surface area contributed by atoms with E-state index in [1.54, 1.807) is 0 Å². The maximum absolute atomic E-state index is 9.22. The summed E-state index contributed by atoms with van der Waals surface area (Å²) in [6.45, 7) is 5.15. The molecule has 1 aliphatic heterocycles. The minimum absolute atomic E-state index is 0.508. The van der Waals surface area contributed by atoms with Gasteiger partial charge in [0.05, 0.1) is 11.3 Å². The van der Waals surface area contributed by atoms with Crippen molar-refractivity contribution in [1.29, 1.82) is 5.26 Å². The summed E-state index contributed by atoms with van der Waals surface area (Å²) in [5, 5.41) is 12.6. The lowest BCUT2D eigenvalue weighted by Gasteiger charge is -2.30. The third kappa shape index (κ3) is 2.62. The van der Waals surface area contributed by atoms with E-state index in [4.69, 9.17) is 0 Å². The minimum Gasteiger partial charge on any atom is -0.366 e. The van der Waals surface area contributed by atoms with Crippen molar-refractivity contribution in [2.75, 3.05) is 24.5 Å². The maximum atomic E-state index is 9.22. The number of nitrogens with zero attached hydrogens (tertiary/aromatic N) is 2. The van der Waals surface area contributed by atoms with Gasteiger partial charge < -0.3 is 10.2 Å². The zero-order valence-electron chi connectivity index (χ0n) is 9.91. The average molecular weight is 294 g/mol. The second-order valence-electron chi connectivity index (χ2n) is 4.21. The molecule has 2 rings (SSSR count). The first kappa shape index (κ1) is 12.4. The molecule has 3 nitrogen and oxygen atoms in total. The van der Waals surface area contributed by atoms with Gasteiger partial charge in [-0.1, -0.05) is 15.9 Å². The molecule has 1 unspecified atom stereocenters. The standard InChI is InChI=1S/C13H16BrN3/c1-2-17(12-5-6-16-9-12)13-4-3-11(14)7-10(13)8-15/h3-4,7,12,16H,2,5-6,9H2,1H3. The van der Waals surface area contributed by atoms with Crippen LogP contribution in [0.2, 0.25) is 0 Å². The Balaban J connectivity index is 2.33. The fourth-order valence-electron chi connectivity index (χ4n) is 2.38. The molecule has 17 heavy (non-hydrogen) atoms. The van der Waals surface area contributed by atoms with Gasteiger partial charge in [0.25, 0.3) is 0 Å². The van der Waals surface area contributed by atoms with Crippen molar-refractivity contribution in [3.05, 3.63) is 28.2 Å². The normalized spacial score (nSPS) is 19.0. The fourth-order valence-corrected chi connectivity index (χ4v) is 2.74. The first-order chi connectivity index (χ1) is 8.26. The van der Waals surface area contributed by atoms with E-state index in [9.17, 15) is 5.26 Å². The van der Waals surface area contributed by atoms with Gasteiger partial charge in [0.15, 0.2) is 0 Å². The number of benzene rings is 1. The molecule has 1 atom stereocenters. The summed E-state index contributed by atoms with van der Waals surface area (Å²) in [5.74, 6) is 0. The Bertz CT molecular complexity index is 433. The summed E-state index contributed by atoms with van der Waals surface area (Å²) in [4.78, 5) is 2.32. The van der Waals surface area contributed by atoms with E-state index in [0.717, 1.165) is 41.8 Å². The van der Waals surface area contributed by atoms with Gasteiger partial charge in [0, 0.05) is 23.6 Å². The molecule has 0 aliphatic carbocycles. The van der Waals surface area contributed by atoms with Gasteiger partial charge in [-0.2, -0.15) is 5.26 Å². The van der Waals surface area contributed by atoms with Crippen LogP contribution < -0.4 is 10.2 Å². The zero-order valence-corrected chi connectivity index (χ0v) is 11.5. The molecule has 1 heterocycles. The Labute approximate surface area is 111 Å². The highest BCUT2D eigenvalue weighted by Crippen LogP contribution is 2.26. The summed E-state index contributed by atoms with van der Waals surface area (Å²) in [6.07, 6.45) is 1.15. The van der Waals surface area contributed by atoms with Gasteiger partial charge in [-0.25, -0.2) is 0 Å². The number of nitrogens with one attached hydrogen (secondary N) is 1. The van der Waals surface area contributed by atoms with E-state index in [1.165, 1.54) is 0 Å². The monoisotopic (exact) mass is 293 g/mol. The lowest BCUT2D eigenvalue weighted by Crippen LogP contribution is -2.37. The first-order valence-electron chi connectivity index (χ1n) is 5.93. The number of anilines is 1. The minimum atomic E-state index is 0.508. The van der Waals surface area contributed by atoms with Gasteiger partial charge in [0.2, 0.25) is 0 Å². The topological polar surface area (TPSA) is 39.1 Å². The molecule has 0 spiro atoms. The van der Waals surface area contributed by atoms with Crippen molar-refractivity contribution < 1.29 is 0 Å². The van der Waals surface area contributed by atoms with Gasteiger partial charge >= 0.3 is 0 Å². The van der Waals surface area contributed by atoms with Crippen LogP contribution >= 0.6 is 15.9 Å². The molecule has 1 aromatic rings. The molecule has 0 amide bonds. The van der Waals surface area contributed by atoms with Crippen molar-refractivity contribution in [3.8, 4) is 6.07 Å². The average Bonchev–Trinajstić information content (AvgIpc) is 2.85. The van der Waals surface area contributed by atoms with Crippen LogP contribution in [0.25, 0.3) is 0 Å². The maximum Gasteiger partial charge on any atom is 0.101 e. The molecule has 1 saturated heterocycles. The number of nitriles is 1. The number of halogens is 1. The summed E-state index contributed by atoms with van der Waals surface area (Å²) in [6, 6.07) is 8.71. The van der Waals surface area contributed by atoms with Crippen LogP contribution in [0.5, 0.6) is 0 Å². The smallest absolute Gasteiger partial charge is 0.101 e. The number of likely N-dealkylation sites (N-methyl/N-ethyl adjacent to an activating group) is 1. The third-order valence-electron chi connectivity index (χ3n) is 3.20. The van der Waals surface area contributed by atoms with Crippen molar-refractivity contribution in [2.24, 2.45) is 0 Å². The molecule has 1 fully saturated rings. The molecular weight excluding hydrogens is 278 g/mol.